The normalized spacial score (nSPS) is 15.9. The Morgan fingerprint density at radius 2 is 2.25 bits per heavy atom. The highest BCUT2D eigenvalue weighted by Crippen LogP contribution is 2.30. The maximum Gasteiger partial charge on any atom is 0.0445 e. The largest absolute Gasteiger partial charge is 0.371 e. The summed E-state index contributed by atoms with van der Waals surface area (Å²) in [5.74, 6) is 0. The lowest BCUT2D eigenvalue weighted by Gasteiger charge is -2.37. The van der Waals surface area contributed by atoms with Gasteiger partial charge in [-0.2, -0.15) is 0 Å². The molecule has 0 atom stereocenters. The minimum atomic E-state index is 0.734. The molecule has 0 amide bonds. The fourth-order valence-corrected chi connectivity index (χ4v) is 2.20. The van der Waals surface area contributed by atoms with Gasteiger partial charge in [0.1, 0.15) is 0 Å². The van der Waals surface area contributed by atoms with Crippen LogP contribution in [-0.2, 0) is 6.54 Å². The van der Waals surface area contributed by atoms with E-state index in [1.807, 2.05) is 13.2 Å². The molecule has 0 aliphatic heterocycles. The topological polar surface area (TPSA) is 28.2 Å². The van der Waals surface area contributed by atoms with Crippen molar-refractivity contribution in [3.8, 4) is 0 Å². The Hall–Kier alpha value is -1.09. The molecule has 3 heteroatoms. The van der Waals surface area contributed by atoms with E-state index < -0.39 is 0 Å². The van der Waals surface area contributed by atoms with Gasteiger partial charge in [0, 0.05) is 42.8 Å². The molecule has 16 heavy (non-hydrogen) atoms. The first-order valence-corrected chi connectivity index (χ1v) is 6.05. The monoisotopic (exact) mass is 219 g/mol. The Balaban J connectivity index is 2.24. The van der Waals surface area contributed by atoms with Crippen molar-refractivity contribution in [3.05, 3.63) is 23.5 Å². The van der Waals surface area contributed by atoms with E-state index in [0.717, 1.165) is 18.3 Å². The predicted octanol–water partition coefficient (Wildman–Crippen LogP) is 2.10. The SMILES string of the molecule is CNCc1cnc(C)cc1N(C)C1CCC1. The Bertz CT molecular complexity index is 358. The summed E-state index contributed by atoms with van der Waals surface area (Å²) in [5, 5.41) is 3.21. The van der Waals surface area contributed by atoms with Crippen LogP contribution in [0.4, 0.5) is 5.69 Å². The molecule has 0 aromatic carbocycles. The molecule has 1 saturated carbocycles. The third kappa shape index (κ3) is 2.19. The number of nitrogens with zero attached hydrogens (tertiary/aromatic N) is 2. The summed E-state index contributed by atoms with van der Waals surface area (Å²) < 4.78 is 0. The van der Waals surface area contributed by atoms with Crippen molar-refractivity contribution < 1.29 is 0 Å². The van der Waals surface area contributed by atoms with Gasteiger partial charge in [0.2, 0.25) is 0 Å². The number of nitrogens with one attached hydrogen (secondary N) is 1. The number of rotatable bonds is 4. The maximum atomic E-state index is 4.38. The molecule has 1 N–H and O–H groups in total. The summed E-state index contributed by atoms with van der Waals surface area (Å²) in [6.07, 6.45) is 6.03. The molecule has 1 aromatic rings. The Morgan fingerprint density at radius 3 is 2.81 bits per heavy atom. The lowest BCUT2D eigenvalue weighted by Crippen LogP contribution is -2.38. The van der Waals surface area contributed by atoms with Crippen LogP contribution < -0.4 is 10.2 Å². The number of hydrogen-bond acceptors (Lipinski definition) is 3. The van der Waals surface area contributed by atoms with Crippen molar-refractivity contribution >= 4 is 5.69 Å². The van der Waals surface area contributed by atoms with Crippen LogP contribution in [0, 0.1) is 6.92 Å². The number of hydrogen-bond donors (Lipinski definition) is 1. The second kappa shape index (κ2) is 4.83. The molecule has 1 heterocycles. The second-order valence-electron chi connectivity index (χ2n) is 4.68. The average Bonchev–Trinajstić information content (AvgIpc) is 2.18. The van der Waals surface area contributed by atoms with Crippen molar-refractivity contribution in [1.82, 2.24) is 10.3 Å². The molecule has 2 rings (SSSR count). The summed E-state index contributed by atoms with van der Waals surface area (Å²) in [6, 6.07) is 2.93. The summed E-state index contributed by atoms with van der Waals surface area (Å²) >= 11 is 0. The molecule has 0 radical (unpaired) electrons. The molecule has 0 bridgehead atoms. The van der Waals surface area contributed by atoms with Crippen LogP contribution in [0.5, 0.6) is 0 Å². The maximum absolute atomic E-state index is 4.38. The Labute approximate surface area is 97.9 Å². The van der Waals surface area contributed by atoms with Crippen molar-refractivity contribution in [2.24, 2.45) is 0 Å². The zero-order valence-corrected chi connectivity index (χ0v) is 10.5. The predicted molar refractivity (Wildman–Crippen MR) is 67.8 cm³/mol. The molecule has 0 saturated heterocycles. The van der Waals surface area contributed by atoms with Gasteiger partial charge in [-0.3, -0.25) is 4.98 Å². The first-order chi connectivity index (χ1) is 7.72. The first kappa shape index (κ1) is 11.4. The number of pyridine rings is 1. The van der Waals surface area contributed by atoms with Gasteiger partial charge in [-0.05, 0) is 39.3 Å². The number of anilines is 1. The molecule has 1 aliphatic rings. The van der Waals surface area contributed by atoms with Gasteiger partial charge in [0.25, 0.3) is 0 Å². The highest BCUT2D eigenvalue weighted by atomic mass is 15.1. The smallest absolute Gasteiger partial charge is 0.0445 e. The molecule has 3 nitrogen and oxygen atoms in total. The fraction of sp³-hybridized carbons (Fsp3) is 0.615. The molecular formula is C13H21N3. The second-order valence-corrected chi connectivity index (χ2v) is 4.68. The summed E-state index contributed by atoms with van der Waals surface area (Å²) in [4.78, 5) is 6.80. The number of aromatic nitrogens is 1. The molecule has 1 aliphatic carbocycles. The quantitative estimate of drug-likeness (QED) is 0.840. The molecule has 1 aromatic heterocycles. The van der Waals surface area contributed by atoms with E-state index in [0.29, 0.717) is 0 Å². The lowest BCUT2D eigenvalue weighted by atomic mass is 9.91. The van der Waals surface area contributed by atoms with E-state index in [1.165, 1.54) is 30.5 Å². The van der Waals surface area contributed by atoms with Gasteiger partial charge >= 0.3 is 0 Å². The minimum Gasteiger partial charge on any atom is -0.371 e. The third-order valence-corrected chi connectivity index (χ3v) is 3.47. The van der Waals surface area contributed by atoms with Crippen molar-refractivity contribution in [3.63, 3.8) is 0 Å². The molecule has 1 fully saturated rings. The summed E-state index contributed by atoms with van der Waals surface area (Å²) in [6.45, 7) is 2.95. The van der Waals surface area contributed by atoms with Crippen LogP contribution in [0.15, 0.2) is 12.3 Å². The van der Waals surface area contributed by atoms with Gasteiger partial charge in [-0.25, -0.2) is 0 Å². The van der Waals surface area contributed by atoms with E-state index in [4.69, 9.17) is 0 Å². The summed E-state index contributed by atoms with van der Waals surface area (Å²) in [7, 11) is 4.19. The van der Waals surface area contributed by atoms with Crippen LogP contribution in [0.25, 0.3) is 0 Å². The van der Waals surface area contributed by atoms with Gasteiger partial charge in [-0.15, -0.1) is 0 Å². The highest BCUT2D eigenvalue weighted by molar-refractivity contribution is 5.54. The van der Waals surface area contributed by atoms with Gasteiger partial charge in [-0.1, -0.05) is 0 Å². The molecular weight excluding hydrogens is 198 g/mol. The van der Waals surface area contributed by atoms with E-state index in [-0.39, 0.29) is 0 Å². The third-order valence-electron chi connectivity index (χ3n) is 3.47. The van der Waals surface area contributed by atoms with Crippen molar-refractivity contribution in [2.75, 3.05) is 19.0 Å². The van der Waals surface area contributed by atoms with Gasteiger partial charge < -0.3 is 10.2 Å². The Kier molecular flexibility index (Phi) is 3.44. The van der Waals surface area contributed by atoms with Crippen molar-refractivity contribution in [2.45, 2.75) is 38.8 Å². The molecule has 0 unspecified atom stereocenters. The zero-order chi connectivity index (χ0) is 11.5. The fourth-order valence-electron chi connectivity index (χ4n) is 2.20. The number of aryl methyl sites for hydroxylation is 1. The van der Waals surface area contributed by atoms with E-state index in [9.17, 15) is 0 Å². The van der Waals surface area contributed by atoms with Gasteiger partial charge in [0.05, 0.1) is 0 Å². The highest BCUT2D eigenvalue weighted by Gasteiger charge is 2.23. The van der Waals surface area contributed by atoms with E-state index in [2.05, 4.69) is 35.2 Å². The summed E-state index contributed by atoms with van der Waals surface area (Å²) in [5.41, 5.74) is 3.73. The molecule has 0 spiro atoms. The van der Waals surface area contributed by atoms with E-state index >= 15 is 0 Å². The Morgan fingerprint density at radius 1 is 1.50 bits per heavy atom. The zero-order valence-electron chi connectivity index (χ0n) is 10.5. The first-order valence-electron chi connectivity index (χ1n) is 6.05. The van der Waals surface area contributed by atoms with Crippen LogP contribution >= 0.6 is 0 Å². The average molecular weight is 219 g/mol. The lowest BCUT2D eigenvalue weighted by molar-refractivity contribution is 0.400. The van der Waals surface area contributed by atoms with Crippen molar-refractivity contribution in [1.29, 1.82) is 0 Å². The van der Waals surface area contributed by atoms with Crippen LogP contribution in [0.1, 0.15) is 30.5 Å². The van der Waals surface area contributed by atoms with Crippen LogP contribution in [-0.4, -0.2) is 25.1 Å². The standard InChI is InChI=1S/C13H21N3/c1-10-7-13(11(8-14-2)9-15-10)16(3)12-5-4-6-12/h7,9,12,14H,4-6,8H2,1-3H3. The van der Waals surface area contributed by atoms with Gasteiger partial charge in [0.15, 0.2) is 0 Å². The van der Waals surface area contributed by atoms with E-state index in [1.54, 1.807) is 0 Å². The van der Waals surface area contributed by atoms with Crippen LogP contribution in [0.2, 0.25) is 0 Å². The van der Waals surface area contributed by atoms with Crippen LogP contribution in [0.3, 0.4) is 0 Å². The minimum absolute atomic E-state index is 0.734. The molecule has 88 valence electrons.